The number of aromatic nitrogens is 2. The lowest BCUT2D eigenvalue weighted by Gasteiger charge is -2.10. The number of aryl methyl sites for hydroxylation is 1. The van der Waals surface area contributed by atoms with Crippen molar-refractivity contribution in [3.05, 3.63) is 77.1 Å². The summed E-state index contributed by atoms with van der Waals surface area (Å²) in [5.74, 6) is -0.321. The van der Waals surface area contributed by atoms with E-state index in [2.05, 4.69) is 23.4 Å². The summed E-state index contributed by atoms with van der Waals surface area (Å²) in [6.45, 7) is 4.00. The van der Waals surface area contributed by atoms with Crippen LogP contribution in [0.25, 0.3) is 5.69 Å². The zero-order valence-corrected chi connectivity index (χ0v) is 18.7. The molecule has 8 nitrogen and oxygen atoms in total. The van der Waals surface area contributed by atoms with E-state index < -0.39 is 11.9 Å². The molecule has 2 aromatic carbocycles. The van der Waals surface area contributed by atoms with Crippen LogP contribution in [0.15, 0.2) is 54.6 Å². The fourth-order valence-corrected chi connectivity index (χ4v) is 3.13. The molecule has 1 N–H and O–H groups in total. The molecule has 0 atom stereocenters. The number of amides is 1. The summed E-state index contributed by atoms with van der Waals surface area (Å²) >= 11 is 0. The molecule has 3 rings (SSSR count). The Hall–Kier alpha value is -4.12. The van der Waals surface area contributed by atoms with Crippen molar-refractivity contribution in [2.75, 3.05) is 13.2 Å². The smallest absolute Gasteiger partial charge is 0.325 e. The molecule has 0 saturated carbocycles. The van der Waals surface area contributed by atoms with Gasteiger partial charge < -0.3 is 14.8 Å². The Morgan fingerprint density at radius 1 is 1.12 bits per heavy atom. The lowest BCUT2D eigenvalue weighted by molar-refractivity contribution is -0.143. The second-order valence-corrected chi connectivity index (χ2v) is 7.34. The number of carbonyl (C=O) groups excluding carboxylic acids is 2. The summed E-state index contributed by atoms with van der Waals surface area (Å²) in [6, 6.07) is 18.1. The Kier molecular flexibility index (Phi) is 8.19. The van der Waals surface area contributed by atoms with Crippen LogP contribution >= 0.6 is 0 Å². The molecule has 33 heavy (non-hydrogen) atoms. The van der Waals surface area contributed by atoms with Gasteiger partial charge in [-0.2, -0.15) is 10.4 Å². The molecule has 170 valence electrons. The second kappa shape index (κ2) is 11.5. The fourth-order valence-electron chi connectivity index (χ4n) is 3.13. The van der Waals surface area contributed by atoms with E-state index in [4.69, 9.17) is 9.47 Å². The number of nitrogens with zero attached hydrogens (tertiary/aromatic N) is 3. The van der Waals surface area contributed by atoms with Crippen molar-refractivity contribution in [2.45, 2.75) is 33.3 Å². The highest BCUT2D eigenvalue weighted by atomic mass is 16.5. The molecule has 0 unspecified atom stereocenters. The third kappa shape index (κ3) is 6.20. The largest absolute Gasteiger partial charge is 0.494 e. The van der Waals surface area contributed by atoms with Gasteiger partial charge in [0.1, 0.15) is 30.5 Å². The quantitative estimate of drug-likeness (QED) is 0.376. The van der Waals surface area contributed by atoms with Crippen LogP contribution in [0, 0.1) is 18.3 Å². The van der Waals surface area contributed by atoms with Crippen molar-refractivity contribution < 1.29 is 19.1 Å². The van der Waals surface area contributed by atoms with Gasteiger partial charge in [0.2, 0.25) is 0 Å². The molecule has 0 aliphatic carbocycles. The number of benzene rings is 2. The number of rotatable bonds is 10. The number of nitriles is 1. The van der Waals surface area contributed by atoms with E-state index in [0.29, 0.717) is 34.9 Å². The van der Waals surface area contributed by atoms with Gasteiger partial charge in [-0.15, -0.1) is 0 Å². The maximum atomic E-state index is 12.3. The Morgan fingerprint density at radius 2 is 1.85 bits per heavy atom. The van der Waals surface area contributed by atoms with E-state index in [1.807, 2.05) is 30.3 Å². The Labute approximate surface area is 192 Å². The van der Waals surface area contributed by atoms with Crippen molar-refractivity contribution in [3.63, 3.8) is 0 Å². The van der Waals surface area contributed by atoms with Crippen molar-refractivity contribution in [1.82, 2.24) is 15.1 Å². The molecule has 1 heterocycles. The van der Waals surface area contributed by atoms with Crippen LogP contribution in [0.2, 0.25) is 0 Å². The molecule has 1 amide bonds. The summed E-state index contributed by atoms with van der Waals surface area (Å²) in [5.41, 5.74) is 2.54. The average molecular weight is 447 g/mol. The number of hydrogen-bond acceptors (Lipinski definition) is 6. The van der Waals surface area contributed by atoms with E-state index >= 15 is 0 Å². The van der Waals surface area contributed by atoms with Crippen molar-refractivity contribution in [1.29, 1.82) is 5.26 Å². The third-order valence-electron chi connectivity index (χ3n) is 4.91. The van der Waals surface area contributed by atoms with Crippen LogP contribution in [-0.2, 0) is 16.1 Å². The standard InChI is InChI=1S/C25H26N4O4/c1-3-4-14-32-21-12-10-19(11-13-21)25(31)27-16-24(30)33-17-23-22(15-26)18(2)28-29(23)20-8-6-5-7-9-20/h5-13H,3-4,14,16-17H2,1-2H3,(H,27,31). The fraction of sp³-hybridized carbons (Fsp3) is 0.280. The zero-order valence-electron chi connectivity index (χ0n) is 18.7. The predicted molar refractivity (Wildman–Crippen MR) is 122 cm³/mol. The molecule has 0 aliphatic heterocycles. The highest BCUT2D eigenvalue weighted by Crippen LogP contribution is 2.19. The number of carbonyl (C=O) groups is 2. The number of esters is 1. The molecule has 0 bridgehead atoms. The second-order valence-electron chi connectivity index (χ2n) is 7.34. The Bertz CT molecular complexity index is 1130. The van der Waals surface area contributed by atoms with Crippen LogP contribution in [0.3, 0.4) is 0 Å². The van der Waals surface area contributed by atoms with Crippen molar-refractivity contribution >= 4 is 11.9 Å². The minimum atomic E-state index is -0.620. The van der Waals surface area contributed by atoms with E-state index in [1.54, 1.807) is 35.9 Å². The normalized spacial score (nSPS) is 10.3. The first kappa shape index (κ1) is 23.5. The molecular weight excluding hydrogens is 420 g/mol. The van der Waals surface area contributed by atoms with E-state index in [-0.39, 0.29) is 13.2 Å². The van der Waals surface area contributed by atoms with Crippen LogP contribution in [0.4, 0.5) is 0 Å². The number of ether oxygens (including phenoxy) is 2. The number of hydrogen-bond donors (Lipinski definition) is 1. The Balaban J connectivity index is 1.56. The van der Waals surface area contributed by atoms with Gasteiger partial charge in [0.25, 0.3) is 5.91 Å². The molecule has 0 aliphatic rings. The van der Waals surface area contributed by atoms with Gasteiger partial charge >= 0.3 is 5.97 Å². The van der Waals surface area contributed by atoms with Crippen LogP contribution in [0.5, 0.6) is 5.75 Å². The van der Waals surface area contributed by atoms with E-state index in [1.165, 1.54) is 0 Å². The zero-order chi connectivity index (χ0) is 23.6. The highest BCUT2D eigenvalue weighted by molar-refractivity contribution is 5.96. The minimum absolute atomic E-state index is 0.142. The van der Waals surface area contributed by atoms with Crippen LogP contribution in [0.1, 0.15) is 47.1 Å². The number of unbranched alkanes of at least 4 members (excludes halogenated alkanes) is 1. The number of nitrogens with one attached hydrogen (secondary N) is 1. The van der Waals surface area contributed by atoms with Gasteiger partial charge in [0.15, 0.2) is 0 Å². The maximum Gasteiger partial charge on any atom is 0.325 e. The highest BCUT2D eigenvalue weighted by Gasteiger charge is 2.18. The van der Waals surface area contributed by atoms with E-state index in [9.17, 15) is 14.9 Å². The lowest BCUT2D eigenvalue weighted by atomic mass is 10.2. The lowest BCUT2D eigenvalue weighted by Crippen LogP contribution is -2.30. The topological polar surface area (TPSA) is 106 Å². The molecule has 0 saturated heterocycles. The summed E-state index contributed by atoms with van der Waals surface area (Å²) in [6.07, 6.45) is 2.01. The van der Waals surface area contributed by atoms with Crippen LogP contribution in [-0.4, -0.2) is 34.8 Å². The average Bonchev–Trinajstić information content (AvgIpc) is 3.17. The molecule has 1 aromatic heterocycles. The molecule has 0 fully saturated rings. The molecule has 0 radical (unpaired) electrons. The molecule has 3 aromatic rings. The minimum Gasteiger partial charge on any atom is -0.494 e. The molecule has 8 heteroatoms. The molecule has 0 spiro atoms. The van der Waals surface area contributed by atoms with Gasteiger partial charge in [-0.3, -0.25) is 9.59 Å². The predicted octanol–water partition coefficient (Wildman–Crippen LogP) is 3.70. The summed E-state index contributed by atoms with van der Waals surface area (Å²) in [5, 5.41) is 16.4. The van der Waals surface area contributed by atoms with Gasteiger partial charge in [0, 0.05) is 5.56 Å². The van der Waals surface area contributed by atoms with Crippen molar-refractivity contribution in [3.8, 4) is 17.5 Å². The van der Waals surface area contributed by atoms with Crippen LogP contribution < -0.4 is 10.1 Å². The maximum absolute atomic E-state index is 12.3. The Morgan fingerprint density at radius 3 is 2.52 bits per heavy atom. The first-order chi connectivity index (χ1) is 16.0. The van der Waals surface area contributed by atoms with E-state index in [0.717, 1.165) is 18.5 Å². The van der Waals surface area contributed by atoms with Gasteiger partial charge in [0.05, 0.1) is 23.7 Å². The van der Waals surface area contributed by atoms with Gasteiger partial charge in [-0.05, 0) is 49.7 Å². The SMILES string of the molecule is CCCCOc1ccc(C(=O)NCC(=O)OCc2c(C#N)c(C)nn2-c2ccccc2)cc1. The first-order valence-electron chi connectivity index (χ1n) is 10.7. The first-order valence-corrected chi connectivity index (χ1v) is 10.7. The third-order valence-corrected chi connectivity index (χ3v) is 4.91. The van der Waals surface area contributed by atoms with Gasteiger partial charge in [-0.1, -0.05) is 31.5 Å². The molecular formula is C25H26N4O4. The van der Waals surface area contributed by atoms with Gasteiger partial charge in [-0.25, -0.2) is 4.68 Å². The number of para-hydroxylation sites is 1. The summed E-state index contributed by atoms with van der Waals surface area (Å²) in [4.78, 5) is 24.6. The van der Waals surface area contributed by atoms with Crippen molar-refractivity contribution in [2.24, 2.45) is 0 Å². The monoisotopic (exact) mass is 446 g/mol. The summed E-state index contributed by atoms with van der Waals surface area (Å²) < 4.78 is 12.5. The summed E-state index contributed by atoms with van der Waals surface area (Å²) in [7, 11) is 0.